The molecule has 2 unspecified atom stereocenters. The van der Waals surface area contributed by atoms with E-state index in [2.05, 4.69) is 24.1 Å². The maximum Gasteiger partial charge on any atom is 0.222 e. The van der Waals surface area contributed by atoms with Crippen molar-refractivity contribution in [2.75, 3.05) is 33.7 Å². The Balaban J connectivity index is 2.37. The van der Waals surface area contributed by atoms with Gasteiger partial charge < -0.3 is 10.2 Å². The lowest BCUT2D eigenvalue weighted by molar-refractivity contribution is -0.128. The zero-order chi connectivity index (χ0) is 15.0. The smallest absolute Gasteiger partial charge is 0.222 e. The van der Waals surface area contributed by atoms with Gasteiger partial charge >= 0.3 is 0 Å². The van der Waals surface area contributed by atoms with Crippen molar-refractivity contribution in [2.45, 2.75) is 64.5 Å². The maximum atomic E-state index is 11.6. The number of hydrogen-bond acceptors (Lipinski definition) is 3. The number of nitrogens with one attached hydrogen (secondary N) is 1. The summed E-state index contributed by atoms with van der Waals surface area (Å²) in [6.45, 7) is 7.88. The lowest BCUT2D eigenvalue weighted by atomic mass is 9.96. The zero-order valence-electron chi connectivity index (χ0n) is 13.8. The molecule has 0 spiro atoms. The van der Waals surface area contributed by atoms with Crippen molar-refractivity contribution in [1.29, 1.82) is 0 Å². The second-order valence-electron chi connectivity index (χ2n) is 6.23. The maximum absolute atomic E-state index is 11.6. The minimum absolute atomic E-state index is 0.246. The molecule has 1 aliphatic rings. The summed E-state index contributed by atoms with van der Waals surface area (Å²) in [4.78, 5) is 15.9. The topological polar surface area (TPSA) is 35.6 Å². The Hall–Kier alpha value is -0.610. The molecule has 1 fully saturated rings. The Morgan fingerprint density at radius 3 is 2.80 bits per heavy atom. The highest BCUT2D eigenvalue weighted by molar-refractivity contribution is 5.75. The Morgan fingerprint density at radius 1 is 1.40 bits per heavy atom. The van der Waals surface area contributed by atoms with E-state index in [0.29, 0.717) is 18.5 Å². The van der Waals surface area contributed by atoms with Crippen LogP contribution in [0.5, 0.6) is 0 Å². The number of hydrogen-bond donors (Lipinski definition) is 1. The molecule has 20 heavy (non-hydrogen) atoms. The summed E-state index contributed by atoms with van der Waals surface area (Å²) in [6.07, 6.45) is 6.78. The Labute approximate surface area is 124 Å². The second-order valence-corrected chi connectivity index (χ2v) is 6.23. The van der Waals surface area contributed by atoms with Gasteiger partial charge in [-0.15, -0.1) is 0 Å². The lowest BCUT2D eigenvalue weighted by Gasteiger charge is -2.39. The molecule has 0 bridgehead atoms. The predicted molar refractivity (Wildman–Crippen MR) is 84.9 cm³/mol. The minimum atomic E-state index is 0.246. The molecule has 1 amide bonds. The molecular weight excluding hydrogens is 250 g/mol. The van der Waals surface area contributed by atoms with E-state index in [9.17, 15) is 4.79 Å². The quantitative estimate of drug-likeness (QED) is 0.741. The van der Waals surface area contributed by atoms with Crippen LogP contribution in [0.4, 0.5) is 0 Å². The highest BCUT2D eigenvalue weighted by Gasteiger charge is 2.26. The lowest BCUT2D eigenvalue weighted by Crippen LogP contribution is -2.51. The summed E-state index contributed by atoms with van der Waals surface area (Å²) in [7, 11) is 3.67. The first-order valence-corrected chi connectivity index (χ1v) is 8.23. The van der Waals surface area contributed by atoms with Crippen LogP contribution in [0.3, 0.4) is 0 Å². The third kappa shape index (κ3) is 5.80. The van der Waals surface area contributed by atoms with E-state index < -0.39 is 0 Å². The van der Waals surface area contributed by atoms with E-state index in [1.165, 1.54) is 32.2 Å². The van der Waals surface area contributed by atoms with E-state index in [-0.39, 0.29) is 5.91 Å². The number of nitrogens with zero attached hydrogens (tertiary/aromatic N) is 2. The van der Waals surface area contributed by atoms with Crippen LogP contribution < -0.4 is 5.32 Å². The van der Waals surface area contributed by atoms with Crippen LogP contribution in [-0.2, 0) is 4.79 Å². The van der Waals surface area contributed by atoms with Crippen LogP contribution >= 0.6 is 0 Å². The van der Waals surface area contributed by atoms with Crippen molar-refractivity contribution in [3.8, 4) is 0 Å². The van der Waals surface area contributed by atoms with Crippen molar-refractivity contribution in [2.24, 2.45) is 0 Å². The van der Waals surface area contributed by atoms with Crippen molar-refractivity contribution >= 4 is 5.91 Å². The molecule has 0 aromatic rings. The molecule has 1 rings (SSSR count). The summed E-state index contributed by atoms with van der Waals surface area (Å²) in [5.41, 5.74) is 0. The molecule has 0 aromatic carbocycles. The average molecular weight is 283 g/mol. The van der Waals surface area contributed by atoms with Gasteiger partial charge in [0.1, 0.15) is 0 Å². The van der Waals surface area contributed by atoms with E-state index in [1.54, 1.807) is 4.90 Å². The first kappa shape index (κ1) is 17.4. The third-order valence-corrected chi connectivity index (χ3v) is 4.29. The van der Waals surface area contributed by atoms with Crippen molar-refractivity contribution < 1.29 is 4.79 Å². The number of piperidine rings is 1. The zero-order valence-corrected chi connectivity index (χ0v) is 13.8. The van der Waals surface area contributed by atoms with Crippen LogP contribution in [0.1, 0.15) is 52.4 Å². The number of carbonyl (C=O) groups excluding carboxylic acids is 1. The predicted octanol–water partition coefficient (Wildman–Crippen LogP) is 2.10. The molecular formula is C16H33N3O. The van der Waals surface area contributed by atoms with Gasteiger partial charge in [0.05, 0.1) is 0 Å². The fourth-order valence-corrected chi connectivity index (χ4v) is 3.03. The van der Waals surface area contributed by atoms with Crippen LogP contribution in [-0.4, -0.2) is 61.5 Å². The molecule has 1 N–H and O–H groups in total. The fraction of sp³-hybridized carbons (Fsp3) is 0.938. The molecule has 0 radical (unpaired) electrons. The molecule has 1 aliphatic heterocycles. The molecule has 1 saturated heterocycles. The van der Waals surface area contributed by atoms with E-state index >= 15 is 0 Å². The summed E-state index contributed by atoms with van der Waals surface area (Å²) < 4.78 is 0. The van der Waals surface area contributed by atoms with Crippen molar-refractivity contribution in [3.63, 3.8) is 0 Å². The fourth-order valence-electron chi connectivity index (χ4n) is 3.03. The van der Waals surface area contributed by atoms with Crippen molar-refractivity contribution in [3.05, 3.63) is 0 Å². The van der Waals surface area contributed by atoms with Gasteiger partial charge in [0, 0.05) is 32.6 Å². The molecule has 0 aliphatic carbocycles. The Bertz CT molecular complexity index is 281. The number of rotatable bonds is 8. The molecule has 4 nitrogen and oxygen atoms in total. The van der Waals surface area contributed by atoms with Gasteiger partial charge in [0.15, 0.2) is 0 Å². The summed E-state index contributed by atoms with van der Waals surface area (Å²) >= 11 is 0. The van der Waals surface area contributed by atoms with Gasteiger partial charge in [-0.2, -0.15) is 0 Å². The van der Waals surface area contributed by atoms with Crippen LogP contribution in [0, 0.1) is 0 Å². The van der Waals surface area contributed by atoms with Gasteiger partial charge in [-0.3, -0.25) is 9.69 Å². The normalized spacial score (nSPS) is 21.7. The molecule has 0 aromatic heterocycles. The van der Waals surface area contributed by atoms with Crippen LogP contribution in [0.15, 0.2) is 0 Å². The van der Waals surface area contributed by atoms with Gasteiger partial charge in [0.2, 0.25) is 5.91 Å². The summed E-state index contributed by atoms with van der Waals surface area (Å²) in [5, 5.41) is 3.63. The largest absolute Gasteiger partial charge is 0.349 e. The monoisotopic (exact) mass is 283 g/mol. The standard InChI is InChI=1S/C16H33N3O/c1-5-11-17-14(2)15-9-6-7-12-19(15)13-8-10-16(20)18(3)4/h14-15,17H,5-13H2,1-4H3. The highest BCUT2D eigenvalue weighted by Crippen LogP contribution is 2.20. The number of carbonyl (C=O) groups is 1. The van der Waals surface area contributed by atoms with E-state index in [0.717, 1.165) is 19.5 Å². The minimum Gasteiger partial charge on any atom is -0.349 e. The van der Waals surface area contributed by atoms with Crippen LogP contribution in [0.2, 0.25) is 0 Å². The third-order valence-electron chi connectivity index (χ3n) is 4.29. The number of amides is 1. The van der Waals surface area contributed by atoms with Crippen LogP contribution in [0.25, 0.3) is 0 Å². The Kier molecular flexibility index (Phi) is 8.15. The van der Waals surface area contributed by atoms with Gasteiger partial charge in [-0.1, -0.05) is 13.3 Å². The first-order chi connectivity index (χ1) is 9.56. The molecule has 0 saturated carbocycles. The molecule has 4 heteroatoms. The van der Waals surface area contributed by atoms with E-state index in [4.69, 9.17) is 0 Å². The van der Waals surface area contributed by atoms with Crippen molar-refractivity contribution in [1.82, 2.24) is 15.1 Å². The van der Waals surface area contributed by atoms with Gasteiger partial charge in [-0.05, 0) is 52.2 Å². The first-order valence-electron chi connectivity index (χ1n) is 8.23. The second kappa shape index (κ2) is 9.35. The average Bonchev–Trinajstić information content (AvgIpc) is 2.45. The van der Waals surface area contributed by atoms with Gasteiger partial charge in [-0.25, -0.2) is 0 Å². The molecule has 1 heterocycles. The SMILES string of the molecule is CCCNC(C)C1CCCCN1CCCC(=O)N(C)C. The Morgan fingerprint density at radius 2 is 2.15 bits per heavy atom. The highest BCUT2D eigenvalue weighted by atomic mass is 16.2. The van der Waals surface area contributed by atoms with E-state index in [1.807, 2.05) is 14.1 Å². The summed E-state index contributed by atoms with van der Waals surface area (Å²) in [5.74, 6) is 0.246. The molecule has 2 atom stereocenters. The molecule has 118 valence electrons. The summed E-state index contributed by atoms with van der Waals surface area (Å²) in [6, 6.07) is 1.20. The van der Waals surface area contributed by atoms with Gasteiger partial charge in [0.25, 0.3) is 0 Å². The number of likely N-dealkylation sites (tertiary alicyclic amines) is 1.